The lowest BCUT2D eigenvalue weighted by molar-refractivity contribution is -0.123. The van der Waals surface area contributed by atoms with Gasteiger partial charge in [-0.15, -0.1) is 10.2 Å². The molecule has 3 rings (SSSR count). The number of hydrogen-bond acceptors (Lipinski definition) is 6. The van der Waals surface area contributed by atoms with Crippen molar-refractivity contribution < 1.29 is 18.7 Å². The van der Waals surface area contributed by atoms with Gasteiger partial charge in [0.25, 0.3) is 0 Å². The van der Waals surface area contributed by atoms with E-state index in [4.69, 9.17) is 13.9 Å². The third-order valence-corrected chi connectivity index (χ3v) is 4.62. The minimum atomic E-state index is -0.355. The largest absolute Gasteiger partial charge is 0.493 e. The van der Waals surface area contributed by atoms with E-state index in [2.05, 4.69) is 15.5 Å². The fourth-order valence-corrected chi connectivity index (χ4v) is 3.18. The van der Waals surface area contributed by atoms with Crippen LogP contribution >= 0.6 is 0 Å². The highest BCUT2D eigenvalue weighted by Crippen LogP contribution is 2.33. The van der Waals surface area contributed by atoms with Gasteiger partial charge in [-0.25, -0.2) is 0 Å². The number of nitrogens with one attached hydrogen (secondary N) is 1. The molecular formula is C22H25N3O4. The molecule has 7 nitrogen and oxygen atoms in total. The van der Waals surface area contributed by atoms with Crippen molar-refractivity contribution in [2.24, 2.45) is 5.92 Å². The fraction of sp³-hybridized carbons (Fsp3) is 0.318. The van der Waals surface area contributed by atoms with Gasteiger partial charge in [0.1, 0.15) is 0 Å². The minimum Gasteiger partial charge on any atom is -0.493 e. The topological polar surface area (TPSA) is 86.5 Å². The maximum Gasteiger partial charge on any atom is 0.247 e. The summed E-state index contributed by atoms with van der Waals surface area (Å²) >= 11 is 0. The maximum atomic E-state index is 12.9. The third-order valence-electron chi connectivity index (χ3n) is 4.62. The van der Waals surface area contributed by atoms with Crippen LogP contribution in [0.25, 0.3) is 11.5 Å². The van der Waals surface area contributed by atoms with Gasteiger partial charge in [-0.05, 0) is 35.7 Å². The predicted molar refractivity (Wildman–Crippen MR) is 109 cm³/mol. The van der Waals surface area contributed by atoms with E-state index in [0.29, 0.717) is 23.3 Å². The van der Waals surface area contributed by atoms with Crippen molar-refractivity contribution in [2.45, 2.75) is 26.3 Å². The summed E-state index contributed by atoms with van der Waals surface area (Å²) in [6.45, 7) is 4.16. The van der Waals surface area contributed by atoms with Gasteiger partial charge in [0.15, 0.2) is 11.5 Å². The number of nitrogens with zero attached hydrogens (tertiary/aromatic N) is 2. The first kappa shape index (κ1) is 20.4. The second-order valence-electron chi connectivity index (χ2n) is 6.92. The Balaban J connectivity index is 1.72. The molecular weight excluding hydrogens is 370 g/mol. The Bertz CT molecular complexity index is 954. The van der Waals surface area contributed by atoms with Gasteiger partial charge < -0.3 is 19.2 Å². The molecule has 3 aromatic rings. The Kier molecular flexibility index (Phi) is 6.49. The molecule has 1 unspecified atom stereocenters. The second kappa shape index (κ2) is 9.23. The Morgan fingerprint density at radius 1 is 1.03 bits per heavy atom. The number of hydrogen-bond donors (Lipinski definition) is 1. The molecule has 0 radical (unpaired) electrons. The molecule has 1 heterocycles. The van der Waals surface area contributed by atoms with Gasteiger partial charge >= 0.3 is 0 Å². The SMILES string of the molecule is COc1ccc(C(C(=O)NCc2nnc(-c3ccccc3)o2)C(C)C)cc1OC. The predicted octanol–water partition coefficient (Wildman–Crippen LogP) is 3.81. The Morgan fingerprint density at radius 3 is 2.41 bits per heavy atom. The first-order valence-electron chi connectivity index (χ1n) is 9.41. The Morgan fingerprint density at radius 2 is 1.76 bits per heavy atom. The highest BCUT2D eigenvalue weighted by atomic mass is 16.5. The molecule has 29 heavy (non-hydrogen) atoms. The fourth-order valence-electron chi connectivity index (χ4n) is 3.18. The maximum absolute atomic E-state index is 12.9. The van der Waals surface area contributed by atoms with Crippen LogP contribution in [0.1, 0.15) is 31.2 Å². The smallest absolute Gasteiger partial charge is 0.247 e. The van der Waals surface area contributed by atoms with Crippen LogP contribution in [-0.4, -0.2) is 30.3 Å². The molecule has 0 saturated heterocycles. The van der Waals surface area contributed by atoms with Crippen molar-refractivity contribution >= 4 is 5.91 Å². The van der Waals surface area contributed by atoms with Gasteiger partial charge in [-0.1, -0.05) is 38.1 Å². The van der Waals surface area contributed by atoms with Crippen molar-refractivity contribution in [1.29, 1.82) is 0 Å². The van der Waals surface area contributed by atoms with Crippen LogP contribution in [0, 0.1) is 5.92 Å². The first-order chi connectivity index (χ1) is 14.0. The van der Waals surface area contributed by atoms with Crippen LogP contribution < -0.4 is 14.8 Å². The summed E-state index contributed by atoms with van der Waals surface area (Å²) in [5, 5.41) is 11.0. The highest BCUT2D eigenvalue weighted by molar-refractivity contribution is 5.84. The number of amides is 1. The van der Waals surface area contributed by atoms with Crippen LogP contribution in [0.3, 0.4) is 0 Å². The zero-order valence-corrected chi connectivity index (χ0v) is 17.0. The summed E-state index contributed by atoms with van der Waals surface area (Å²) in [6, 6.07) is 15.0. The Labute approximate surface area is 170 Å². The molecule has 2 aromatic carbocycles. The molecule has 1 amide bonds. The van der Waals surface area contributed by atoms with E-state index >= 15 is 0 Å². The lowest BCUT2D eigenvalue weighted by Gasteiger charge is -2.21. The van der Waals surface area contributed by atoms with Crippen molar-refractivity contribution in [3.63, 3.8) is 0 Å². The van der Waals surface area contributed by atoms with Gasteiger partial charge in [-0.2, -0.15) is 0 Å². The number of benzene rings is 2. The molecule has 0 aliphatic heterocycles. The molecule has 0 aliphatic rings. The monoisotopic (exact) mass is 395 g/mol. The standard InChI is InChI=1S/C22H25N3O4/c1-14(2)20(16-10-11-17(27-3)18(12-16)28-4)21(26)23-13-19-24-25-22(29-19)15-8-6-5-7-9-15/h5-12,14,20H,13H2,1-4H3,(H,23,26). The number of methoxy groups -OCH3 is 2. The van der Waals surface area contributed by atoms with Crippen LogP contribution in [0.5, 0.6) is 11.5 Å². The molecule has 1 N–H and O–H groups in total. The highest BCUT2D eigenvalue weighted by Gasteiger charge is 2.25. The molecule has 0 saturated carbocycles. The van der Waals surface area contributed by atoms with E-state index < -0.39 is 0 Å². The molecule has 152 valence electrons. The summed E-state index contributed by atoms with van der Waals surface area (Å²) in [6.07, 6.45) is 0. The molecule has 7 heteroatoms. The molecule has 0 bridgehead atoms. The summed E-state index contributed by atoms with van der Waals surface area (Å²) in [5.41, 5.74) is 1.69. The van der Waals surface area contributed by atoms with Crippen LogP contribution in [0.15, 0.2) is 52.9 Å². The second-order valence-corrected chi connectivity index (χ2v) is 6.92. The summed E-state index contributed by atoms with van der Waals surface area (Å²) in [4.78, 5) is 12.9. The summed E-state index contributed by atoms with van der Waals surface area (Å²) < 4.78 is 16.3. The molecule has 0 spiro atoms. The third kappa shape index (κ3) is 4.74. The van der Waals surface area contributed by atoms with Crippen molar-refractivity contribution in [3.05, 3.63) is 60.0 Å². The van der Waals surface area contributed by atoms with E-state index in [0.717, 1.165) is 11.1 Å². The zero-order chi connectivity index (χ0) is 20.8. The number of carbonyl (C=O) groups excluding carboxylic acids is 1. The average molecular weight is 395 g/mol. The van der Waals surface area contributed by atoms with E-state index in [1.54, 1.807) is 20.3 Å². The van der Waals surface area contributed by atoms with Gasteiger partial charge in [-0.3, -0.25) is 4.79 Å². The normalized spacial score (nSPS) is 11.9. The van der Waals surface area contributed by atoms with E-state index in [1.165, 1.54) is 0 Å². The quantitative estimate of drug-likeness (QED) is 0.624. The van der Waals surface area contributed by atoms with Crippen molar-refractivity contribution in [3.8, 4) is 23.0 Å². The van der Waals surface area contributed by atoms with Crippen LogP contribution in [-0.2, 0) is 11.3 Å². The van der Waals surface area contributed by atoms with Gasteiger partial charge in [0.2, 0.25) is 17.7 Å². The number of aromatic nitrogens is 2. The van der Waals surface area contributed by atoms with E-state index in [9.17, 15) is 4.79 Å². The van der Waals surface area contributed by atoms with Gasteiger partial charge in [0, 0.05) is 5.56 Å². The molecule has 0 fully saturated rings. The first-order valence-corrected chi connectivity index (χ1v) is 9.41. The average Bonchev–Trinajstić information content (AvgIpc) is 3.21. The summed E-state index contributed by atoms with van der Waals surface area (Å²) in [5.74, 6) is 1.60. The lowest BCUT2D eigenvalue weighted by Crippen LogP contribution is -2.31. The number of ether oxygens (including phenoxy) is 2. The Hall–Kier alpha value is -3.35. The van der Waals surface area contributed by atoms with Crippen molar-refractivity contribution in [1.82, 2.24) is 15.5 Å². The van der Waals surface area contributed by atoms with Gasteiger partial charge in [0.05, 0.1) is 26.7 Å². The zero-order valence-electron chi connectivity index (χ0n) is 17.0. The summed E-state index contributed by atoms with van der Waals surface area (Å²) in [7, 11) is 3.16. The minimum absolute atomic E-state index is 0.0793. The van der Waals surface area contributed by atoms with Crippen LogP contribution in [0.2, 0.25) is 0 Å². The molecule has 1 atom stereocenters. The molecule has 0 aliphatic carbocycles. The van der Waals surface area contributed by atoms with Crippen molar-refractivity contribution in [2.75, 3.05) is 14.2 Å². The van der Waals surface area contributed by atoms with E-state index in [1.807, 2.05) is 56.3 Å². The van der Waals surface area contributed by atoms with Crippen LogP contribution in [0.4, 0.5) is 0 Å². The number of rotatable bonds is 8. The number of carbonyl (C=O) groups is 1. The van der Waals surface area contributed by atoms with E-state index in [-0.39, 0.29) is 24.3 Å². The lowest BCUT2D eigenvalue weighted by atomic mass is 9.87. The molecule has 1 aromatic heterocycles.